The van der Waals surface area contributed by atoms with E-state index >= 15 is 0 Å². The van der Waals surface area contributed by atoms with Gasteiger partial charge in [-0.05, 0) is 30.3 Å². The Bertz CT molecular complexity index is 683. The molecular formula is C13H12N4O2. The molecule has 1 aromatic carbocycles. The molecule has 0 unspecified atom stereocenters. The molecule has 19 heavy (non-hydrogen) atoms. The molecule has 3 rings (SSSR count). The Balaban J connectivity index is 1.99. The molecule has 1 saturated heterocycles. The zero-order chi connectivity index (χ0) is 13.4. The summed E-state index contributed by atoms with van der Waals surface area (Å²) in [5, 5.41) is 3.19. The highest BCUT2D eigenvalue weighted by molar-refractivity contribution is 6.05. The molecular weight excluding hydrogens is 244 g/mol. The molecule has 96 valence electrons. The summed E-state index contributed by atoms with van der Waals surface area (Å²) in [6.45, 7) is 0.345. The van der Waals surface area contributed by atoms with E-state index in [1.807, 2.05) is 12.1 Å². The molecule has 2 aromatic rings. The average molecular weight is 256 g/mol. The molecule has 0 bridgehead atoms. The number of amides is 3. The first kappa shape index (κ1) is 11.5. The van der Waals surface area contributed by atoms with Crippen molar-refractivity contribution in [3.8, 4) is 0 Å². The van der Waals surface area contributed by atoms with E-state index in [0.717, 1.165) is 10.9 Å². The van der Waals surface area contributed by atoms with E-state index in [1.54, 1.807) is 18.2 Å². The van der Waals surface area contributed by atoms with Gasteiger partial charge >= 0.3 is 6.03 Å². The second-order valence-electron chi connectivity index (χ2n) is 4.38. The number of hydrogen-bond donors (Lipinski definition) is 2. The Morgan fingerprint density at radius 2 is 2.05 bits per heavy atom. The number of carbonyl (C=O) groups is 2. The van der Waals surface area contributed by atoms with Crippen LogP contribution in [0.15, 0.2) is 30.3 Å². The maximum atomic E-state index is 11.7. The van der Waals surface area contributed by atoms with Crippen LogP contribution >= 0.6 is 0 Å². The fourth-order valence-electron chi connectivity index (χ4n) is 2.07. The van der Waals surface area contributed by atoms with E-state index in [9.17, 15) is 9.59 Å². The number of nitrogens with two attached hydrogens (primary N) is 1. The van der Waals surface area contributed by atoms with Gasteiger partial charge in [0.2, 0.25) is 5.91 Å². The van der Waals surface area contributed by atoms with Gasteiger partial charge in [-0.1, -0.05) is 0 Å². The minimum absolute atomic E-state index is 0.255. The zero-order valence-electron chi connectivity index (χ0n) is 10.1. The summed E-state index contributed by atoms with van der Waals surface area (Å²) in [4.78, 5) is 28.7. The van der Waals surface area contributed by atoms with Gasteiger partial charge in [0.25, 0.3) is 0 Å². The first-order valence-corrected chi connectivity index (χ1v) is 5.91. The average Bonchev–Trinajstić information content (AvgIpc) is 2.38. The van der Waals surface area contributed by atoms with Gasteiger partial charge in [-0.2, -0.15) is 0 Å². The Hall–Kier alpha value is -2.63. The summed E-state index contributed by atoms with van der Waals surface area (Å²) >= 11 is 0. The van der Waals surface area contributed by atoms with Crippen molar-refractivity contribution < 1.29 is 9.59 Å². The van der Waals surface area contributed by atoms with Crippen LogP contribution in [0.1, 0.15) is 6.42 Å². The van der Waals surface area contributed by atoms with Crippen LogP contribution in [0.3, 0.4) is 0 Å². The standard InChI is InChI=1S/C13H12N4O2/c14-9-2-3-10-8(7-9)1-4-11(15-10)17-6-5-12(18)16-13(17)19/h1-4,7H,5-6,14H2,(H,16,18,19). The number of anilines is 2. The second-order valence-corrected chi connectivity index (χ2v) is 4.38. The van der Waals surface area contributed by atoms with Crippen LogP contribution < -0.4 is 16.0 Å². The number of urea groups is 1. The third-order valence-electron chi connectivity index (χ3n) is 3.03. The van der Waals surface area contributed by atoms with Crippen LogP contribution in [0, 0.1) is 0 Å². The van der Waals surface area contributed by atoms with Gasteiger partial charge in [0.15, 0.2) is 0 Å². The molecule has 2 heterocycles. The lowest BCUT2D eigenvalue weighted by Gasteiger charge is -2.25. The van der Waals surface area contributed by atoms with Crippen LogP contribution in [-0.4, -0.2) is 23.5 Å². The van der Waals surface area contributed by atoms with Gasteiger partial charge in [0, 0.05) is 24.0 Å². The summed E-state index contributed by atoms with van der Waals surface area (Å²) < 4.78 is 0. The minimum Gasteiger partial charge on any atom is -0.399 e. The summed E-state index contributed by atoms with van der Waals surface area (Å²) in [6.07, 6.45) is 0.285. The number of nitrogens with one attached hydrogen (secondary N) is 1. The van der Waals surface area contributed by atoms with Crippen molar-refractivity contribution in [2.75, 3.05) is 17.2 Å². The number of fused-ring (bicyclic) bond motifs is 1. The Morgan fingerprint density at radius 3 is 2.84 bits per heavy atom. The highest BCUT2D eigenvalue weighted by Gasteiger charge is 2.25. The summed E-state index contributed by atoms with van der Waals surface area (Å²) in [7, 11) is 0. The maximum Gasteiger partial charge on any atom is 0.329 e. The smallest absolute Gasteiger partial charge is 0.329 e. The highest BCUT2D eigenvalue weighted by Crippen LogP contribution is 2.21. The Morgan fingerprint density at radius 1 is 1.21 bits per heavy atom. The van der Waals surface area contributed by atoms with Crippen LogP contribution in [0.4, 0.5) is 16.3 Å². The molecule has 0 aliphatic carbocycles. The van der Waals surface area contributed by atoms with Crippen molar-refractivity contribution in [2.24, 2.45) is 0 Å². The normalized spacial score (nSPS) is 15.7. The molecule has 0 radical (unpaired) electrons. The second kappa shape index (κ2) is 4.24. The molecule has 1 aliphatic rings. The van der Waals surface area contributed by atoms with E-state index in [4.69, 9.17) is 5.73 Å². The van der Waals surface area contributed by atoms with Crippen molar-refractivity contribution in [2.45, 2.75) is 6.42 Å². The van der Waals surface area contributed by atoms with Crippen LogP contribution in [0.2, 0.25) is 0 Å². The topological polar surface area (TPSA) is 88.3 Å². The Labute approximate surface area is 109 Å². The fraction of sp³-hybridized carbons (Fsp3) is 0.154. The number of pyridine rings is 1. The van der Waals surface area contributed by atoms with Crippen molar-refractivity contribution >= 4 is 34.3 Å². The van der Waals surface area contributed by atoms with Crippen molar-refractivity contribution in [1.82, 2.24) is 10.3 Å². The number of carbonyl (C=O) groups excluding carboxylic acids is 2. The number of imide groups is 1. The van der Waals surface area contributed by atoms with Gasteiger partial charge < -0.3 is 5.73 Å². The third-order valence-corrected chi connectivity index (χ3v) is 3.03. The SMILES string of the molecule is Nc1ccc2nc(N3CCC(=O)NC3=O)ccc2c1. The molecule has 0 spiro atoms. The Kier molecular flexibility index (Phi) is 2.56. The molecule has 1 fully saturated rings. The lowest BCUT2D eigenvalue weighted by atomic mass is 10.2. The first-order chi connectivity index (χ1) is 9.13. The number of benzene rings is 1. The monoisotopic (exact) mass is 256 g/mol. The highest BCUT2D eigenvalue weighted by atomic mass is 16.2. The summed E-state index contributed by atoms with van der Waals surface area (Å²) in [6, 6.07) is 8.57. The minimum atomic E-state index is -0.432. The van der Waals surface area contributed by atoms with E-state index < -0.39 is 6.03 Å². The predicted molar refractivity (Wildman–Crippen MR) is 71.7 cm³/mol. The van der Waals surface area contributed by atoms with Gasteiger partial charge in [0.05, 0.1) is 5.52 Å². The number of hydrogen-bond acceptors (Lipinski definition) is 4. The maximum absolute atomic E-state index is 11.7. The molecule has 3 amide bonds. The summed E-state index contributed by atoms with van der Waals surface area (Å²) in [5.74, 6) is 0.275. The predicted octanol–water partition coefficient (Wildman–Crippen LogP) is 1.26. The van der Waals surface area contributed by atoms with Crippen molar-refractivity contribution in [1.29, 1.82) is 0 Å². The number of nitrogen functional groups attached to an aromatic ring is 1. The molecule has 0 saturated carbocycles. The fourth-order valence-corrected chi connectivity index (χ4v) is 2.07. The van der Waals surface area contributed by atoms with Crippen LogP contribution in [0.5, 0.6) is 0 Å². The van der Waals surface area contributed by atoms with Crippen molar-refractivity contribution in [3.05, 3.63) is 30.3 Å². The number of rotatable bonds is 1. The van der Waals surface area contributed by atoms with Crippen LogP contribution in [-0.2, 0) is 4.79 Å². The lowest BCUT2D eigenvalue weighted by molar-refractivity contribution is -0.120. The molecule has 6 nitrogen and oxygen atoms in total. The van der Waals surface area contributed by atoms with E-state index in [0.29, 0.717) is 18.1 Å². The van der Waals surface area contributed by atoms with Gasteiger partial charge in [-0.3, -0.25) is 15.0 Å². The molecule has 1 aromatic heterocycles. The van der Waals surface area contributed by atoms with Gasteiger partial charge in [-0.25, -0.2) is 9.78 Å². The molecule has 0 atom stereocenters. The molecule has 1 aliphatic heterocycles. The van der Waals surface area contributed by atoms with Gasteiger partial charge in [-0.15, -0.1) is 0 Å². The van der Waals surface area contributed by atoms with Crippen LogP contribution in [0.25, 0.3) is 10.9 Å². The lowest BCUT2D eigenvalue weighted by Crippen LogP contribution is -2.49. The molecule has 3 N–H and O–H groups in total. The number of aromatic nitrogens is 1. The largest absolute Gasteiger partial charge is 0.399 e. The number of nitrogens with zero attached hydrogens (tertiary/aromatic N) is 2. The molecule has 6 heteroatoms. The van der Waals surface area contributed by atoms with Gasteiger partial charge in [0.1, 0.15) is 5.82 Å². The summed E-state index contributed by atoms with van der Waals surface area (Å²) in [5.41, 5.74) is 7.13. The quantitative estimate of drug-likeness (QED) is 0.752. The third kappa shape index (κ3) is 2.08. The zero-order valence-corrected chi connectivity index (χ0v) is 10.1. The first-order valence-electron chi connectivity index (χ1n) is 5.91. The van der Waals surface area contributed by atoms with E-state index in [1.165, 1.54) is 4.90 Å². The van der Waals surface area contributed by atoms with E-state index in [2.05, 4.69) is 10.3 Å². The van der Waals surface area contributed by atoms with E-state index in [-0.39, 0.29) is 12.3 Å². The van der Waals surface area contributed by atoms with Crippen molar-refractivity contribution in [3.63, 3.8) is 0 Å².